The van der Waals surface area contributed by atoms with E-state index in [1.54, 1.807) is 6.20 Å². The van der Waals surface area contributed by atoms with E-state index in [0.29, 0.717) is 11.6 Å². The summed E-state index contributed by atoms with van der Waals surface area (Å²) in [5.41, 5.74) is 5.62. The lowest BCUT2D eigenvalue weighted by atomic mass is 10.1. The molecule has 1 aromatic heterocycles. The predicted molar refractivity (Wildman–Crippen MR) is 60.6 cm³/mol. The van der Waals surface area contributed by atoms with E-state index in [9.17, 15) is 0 Å². The van der Waals surface area contributed by atoms with Crippen molar-refractivity contribution in [2.45, 2.75) is 25.8 Å². The molecule has 1 heterocycles. The Morgan fingerprint density at radius 2 is 2.43 bits per heavy atom. The second-order valence-corrected chi connectivity index (χ2v) is 3.61. The molecule has 0 spiro atoms. The number of rotatable bonds is 5. The minimum absolute atomic E-state index is 0.257. The van der Waals surface area contributed by atoms with Gasteiger partial charge in [0.25, 0.3) is 0 Å². The summed E-state index contributed by atoms with van der Waals surface area (Å²) in [4.78, 5) is 4.15. The molecule has 0 aliphatic rings. The van der Waals surface area contributed by atoms with Crippen molar-refractivity contribution in [3.05, 3.63) is 23.4 Å². The average Bonchev–Trinajstić information content (AvgIpc) is 2.20. The first-order chi connectivity index (χ1) is 6.77. The van der Waals surface area contributed by atoms with Crippen LogP contribution in [0, 0.1) is 0 Å². The maximum absolute atomic E-state index is 5.96. The van der Waals surface area contributed by atoms with Gasteiger partial charge in [-0.2, -0.15) is 0 Å². The zero-order chi connectivity index (χ0) is 10.4. The van der Waals surface area contributed by atoms with Gasteiger partial charge in [-0.3, -0.25) is 0 Å². The minimum atomic E-state index is 0.257. The number of nitrogens with two attached hydrogens (primary N) is 1. The normalized spacial score (nSPS) is 12.5. The van der Waals surface area contributed by atoms with Gasteiger partial charge < -0.3 is 11.1 Å². The molecular weight excluding hydrogens is 198 g/mol. The van der Waals surface area contributed by atoms with Crippen molar-refractivity contribution < 1.29 is 0 Å². The molecule has 0 bridgehead atoms. The molecule has 1 rings (SSSR count). The zero-order valence-corrected chi connectivity index (χ0v) is 9.09. The summed E-state index contributed by atoms with van der Waals surface area (Å²) in [6.07, 6.45) is 3.84. The van der Waals surface area contributed by atoms with Crippen LogP contribution in [0.3, 0.4) is 0 Å². The maximum atomic E-state index is 5.96. The lowest BCUT2D eigenvalue weighted by molar-refractivity contribution is 0.646. The first kappa shape index (κ1) is 11.3. The fraction of sp³-hybridized carbons (Fsp3) is 0.500. The summed E-state index contributed by atoms with van der Waals surface area (Å²) in [5.74, 6) is 0.720. The Balaban J connectivity index is 2.62. The van der Waals surface area contributed by atoms with Crippen LogP contribution < -0.4 is 11.1 Å². The van der Waals surface area contributed by atoms with Crippen LogP contribution in [0.2, 0.25) is 5.02 Å². The Morgan fingerprint density at radius 1 is 1.64 bits per heavy atom. The van der Waals surface area contributed by atoms with Gasteiger partial charge in [-0.15, -0.1) is 0 Å². The third kappa shape index (κ3) is 3.16. The van der Waals surface area contributed by atoms with Crippen molar-refractivity contribution in [2.24, 2.45) is 5.73 Å². The summed E-state index contributed by atoms with van der Waals surface area (Å²) >= 11 is 5.96. The van der Waals surface area contributed by atoms with Crippen LogP contribution in [-0.2, 0) is 0 Å². The maximum Gasteiger partial charge on any atom is 0.145 e. The van der Waals surface area contributed by atoms with Crippen molar-refractivity contribution in [1.29, 1.82) is 0 Å². The van der Waals surface area contributed by atoms with Crippen LogP contribution in [0.4, 0.5) is 5.82 Å². The van der Waals surface area contributed by atoms with Gasteiger partial charge in [0.15, 0.2) is 0 Å². The van der Waals surface area contributed by atoms with Crippen LogP contribution in [0.1, 0.15) is 19.8 Å². The van der Waals surface area contributed by atoms with Gasteiger partial charge in [0.2, 0.25) is 0 Å². The molecule has 1 atom stereocenters. The summed E-state index contributed by atoms with van der Waals surface area (Å²) in [7, 11) is 0. The predicted octanol–water partition coefficient (Wildman–Crippen LogP) is 2.27. The number of pyridine rings is 1. The molecule has 0 aliphatic carbocycles. The molecule has 1 aromatic rings. The van der Waals surface area contributed by atoms with Gasteiger partial charge in [-0.25, -0.2) is 4.98 Å². The molecule has 0 aromatic carbocycles. The average molecular weight is 214 g/mol. The van der Waals surface area contributed by atoms with Gasteiger partial charge >= 0.3 is 0 Å². The molecule has 78 valence electrons. The zero-order valence-electron chi connectivity index (χ0n) is 8.33. The summed E-state index contributed by atoms with van der Waals surface area (Å²) in [6, 6.07) is 3.88. The molecule has 3 nitrogen and oxygen atoms in total. The van der Waals surface area contributed by atoms with Gasteiger partial charge in [0.05, 0.1) is 5.02 Å². The highest BCUT2D eigenvalue weighted by atomic mass is 35.5. The summed E-state index contributed by atoms with van der Waals surface area (Å²) in [5, 5.41) is 3.87. The first-order valence-corrected chi connectivity index (χ1v) is 5.22. The summed E-state index contributed by atoms with van der Waals surface area (Å²) < 4.78 is 0. The molecule has 14 heavy (non-hydrogen) atoms. The molecule has 0 aliphatic heterocycles. The van der Waals surface area contributed by atoms with Crippen LogP contribution >= 0.6 is 11.6 Å². The lowest BCUT2D eigenvalue weighted by Gasteiger charge is -2.16. The smallest absolute Gasteiger partial charge is 0.145 e. The fourth-order valence-electron chi connectivity index (χ4n) is 1.28. The molecule has 0 saturated heterocycles. The number of hydrogen-bond donors (Lipinski definition) is 2. The topological polar surface area (TPSA) is 50.9 Å². The largest absolute Gasteiger partial charge is 0.365 e. The standard InChI is InChI=1S/C10H16ClN3/c1-2-4-8(7-12)14-10-9(11)5-3-6-13-10/h3,5-6,8H,2,4,7,12H2,1H3,(H,13,14). The van der Waals surface area contributed by atoms with Crippen molar-refractivity contribution in [3.63, 3.8) is 0 Å². The van der Waals surface area contributed by atoms with Gasteiger partial charge in [-0.05, 0) is 18.6 Å². The SMILES string of the molecule is CCCC(CN)Nc1ncccc1Cl. The van der Waals surface area contributed by atoms with E-state index in [1.807, 2.05) is 12.1 Å². The number of nitrogens with one attached hydrogen (secondary N) is 1. The van der Waals surface area contributed by atoms with E-state index in [4.69, 9.17) is 17.3 Å². The minimum Gasteiger partial charge on any atom is -0.365 e. The number of halogens is 1. The number of anilines is 1. The molecule has 0 saturated carbocycles. The first-order valence-electron chi connectivity index (χ1n) is 4.85. The van der Waals surface area contributed by atoms with Crippen LogP contribution in [0.15, 0.2) is 18.3 Å². The Morgan fingerprint density at radius 3 is 3.00 bits per heavy atom. The Hall–Kier alpha value is -0.800. The third-order valence-corrected chi connectivity index (χ3v) is 2.33. The fourth-order valence-corrected chi connectivity index (χ4v) is 1.46. The van der Waals surface area contributed by atoms with E-state index in [-0.39, 0.29) is 6.04 Å². The number of aromatic nitrogens is 1. The van der Waals surface area contributed by atoms with Gasteiger partial charge in [0.1, 0.15) is 5.82 Å². The van der Waals surface area contributed by atoms with Gasteiger partial charge in [0, 0.05) is 18.8 Å². The van der Waals surface area contributed by atoms with Crippen molar-refractivity contribution in [1.82, 2.24) is 4.98 Å². The highest BCUT2D eigenvalue weighted by Crippen LogP contribution is 2.18. The highest BCUT2D eigenvalue weighted by molar-refractivity contribution is 6.32. The molecule has 1 unspecified atom stereocenters. The highest BCUT2D eigenvalue weighted by Gasteiger charge is 2.07. The van der Waals surface area contributed by atoms with E-state index in [0.717, 1.165) is 18.7 Å². The number of hydrogen-bond acceptors (Lipinski definition) is 3. The van der Waals surface area contributed by atoms with Gasteiger partial charge in [-0.1, -0.05) is 24.9 Å². The Labute approximate surface area is 89.7 Å². The monoisotopic (exact) mass is 213 g/mol. The van der Waals surface area contributed by atoms with Crippen molar-refractivity contribution in [3.8, 4) is 0 Å². The Kier molecular flexibility index (Phi) is 4.70. The molecule has 0 fully saturated rings. The quantitative estimate of drug-likeness (QED) is 0.789. The molecule has 0 amide bonds. The third-order valence-electron chi connectivity index (χ3n) is 2.02. The number of nitrogens with zero attached hydrogens (tertiary/aromatic N) is 1. The Bertz CT molecular complexity index is 278. The van der Waals surface area contributed by atoms with Crippen LogP contribution in [-0.4, -0.2) is 17.6 Å². The van der Waals surface area contributed by atoms with E-state index in [1.165, 1.54) is 0 Å². The molecular formula is C10H16ClN3. The molecule has 4 heteroatoms. The molecule has 0 radical (unpaired) electrons. The van der Waals surface area contributed by atoms with E-state index < -0.39 is 0 Å². The molecule has 3 N–H and O–H groups in total. The van der Waals surface area contributed by atoms with E-state index in [2.05, 4.69) is 17.2 Å². The second kappa shape index (κ2) is 5.83. The van der Waals surface area contributed by atoms with Crippen LogP contribution in [0.5, 0.6) is 0 Å². The second-order valence-electron chi connectivity index (χ2n) is 3.20. The van der Waals surface area contributed by atoms with E-state index >= 15 is 0 Å². The lowest BCUT2D eigenvalue weighted by Crippen LogP contribution is -2.29. The van der Waals surface area contributed by atoms with Crippen molar-refractivity contribution >= 4 is 17.4 Å². The summed E-state index contributed by atoms with van der Waals surface area (Å²) in [6.45, 7) is 2.73. The van der Waals surface area contributed by atoms with Crippen LogP contribution in [0.25, 0.3) is 0 Å². The van der Waals surface area contributed by atoms with Crippen molar-refractivity contribution in [2.75, 3.05) is 11.9 Å².